The lowest BCUT2D eigenvalue weighted by atomic mass is 10.2. The summed E-state index contributed by atoms with van der Waals surface area (Å²) in [5.74, 6) is -0.141. The fourth-order valence-electron chi connectivity index (χ4n) is 1.06. The highest BCUT2D eigenvalue weighted by molar-refractivity contribution is 5.69. The minimum absolute atomic E-state index is 0.141. The van der Waals surface area contributed by atoms with E-state index < -0.39 is 0 Å². The molecule has 3 heteroatoms. The number of pyridine rings is 1. The number of hydrogen-bond donors (Lipinski definition) is 0. The van der Waals surface area contributed by atoms with E-state index in [0.29, 0.717) is 19.4 Å². The SMILES string of the molecule is CCCOC(=O)CCc1ccccn1. The number of aromatic nitrogens is 1. The van der Waals surface area contributed by atoms with E-state index in [1.165, 1.54) is 0 Å². The molecule has 0 fully saturated rings. The van der Waals surface area contributed by atoms with Crippen molar-refractivity contribution in [3.63, 3.8) is 0 Å². The molecule has 76 valence electrons. The van der Waals surface area contributed by atoms with Crippen molar-refractivity contribution in [2.75, 3.05) is 6.61 Å². The van der Waals surface area contributed by atoms with E-state index in [2.05, 4.69) is 4.98 Å². The Morgan fingerprint density at radius 2 is 2.36 bits per heavy atom. The lowest BCUT2D eigenvalue weighted by Gasteiger charge is -2.02. The van der Waals surface area contributed by atoms with Crippen molar-refractivity contribution in [1.29, 1.82) is 0 Å². The van der Waals surface area contributed by atoms with Gasteiger partial charge in [0, 0.05) is 18.3 Å². The number of carbonyl (C=O) groups excluding carboxylic acids is 1. The summed E-state index contributed by atoms with van der Waals surface area (Å²) in [6, 6.07) is 5.69. The Morgan fingerprint density at radius 1 is 1.50 bits per heavy atom. The molecule has 0 bridgehead atoms. The number of aryl methyl sites for hydroxylation is 1. The Morgan fingerprint density at radius 3 is 3.00 bits per heavy atom. The summed E-state index contributed by atoms with van der Waals surface area (Å²) in [6.45, 7) is 2.49. The van der Waals surface area contributed by atoms with E-state index in [-0.39, 0.29) is 5.97 Å². The van der Waals surface area contributed by atoms with Crippen LogP contribution in [-0.4, -0.2) is 17.6 Å². The van der Waals surface area contributed by atoms with Crippen LogP contribution in [0.2, 0.25) is 0 Å². The molecule has 3 nitrogen and oxygen atoms in total. The number of esters is 1. The average Bonchev–Trinajstić information content (AvgIpc) is 2.25. The minimum Gasteiger partial charge on any atom is -0.466 e. The normalized spacial score (nSPS) is 9.79. The highest BCUT2D eigenvalue weighted by Gasteiger charge is 2.02. The van der Waals surface area contributed by atoms with E-state index in [1.54, 1.807) is 6.20 Å². The van der Waals surface area contributed by atoms with Crippen molar-refractivity contribution in [3.8, 4) is 0 Å². The van der Waals surface area contributed by atoms with Gasteiger partial charge in [-0.3, -0.25) is 9.78 Å². The molecule has 1 rings (SSSR count). The third-order valence-electron chi connectivity index (χ3n) is 1.78. The van der Waals surface area contributed by atoms with E-state index >= 15 is 0 Å². The van der Waals surface area contributed by atoms with Crippen molar-refractivity contribution >= 4 is 5.97 Å². The van der Waals surface area contributed by atoms with Gasteiger partial charge in [0.2, 0.25) is 0 Å². The van der Waals surface area contributed by atoms with Gasteiger partial charge in [0.05, 0.1) is 13.0 Å². The molecule has 0 N–H and O–H groups in total. The number of rotatable bonds is 5. The number of ether oxygens (including phenoxy) is 1. The van der Waals surface area contributed by atoms with Crippen LogP contribution < -0.4 is 0 Å². The third kappa shape index (κ3) is 4.03. The Balaban J connectivity index is 2.24. The van der Waals surface area contributed by atoms with E-state index in [4.69, 9.17) is 4.74 Å². The topological polar surface area (TPSA) is 39.2 Å². The van der Waals surface area contributed by atoms with Crippen LogP contribution in [0.4, 0.5) is 0 Å². The summed E-state index contributed by atoms with van der Waals surface area (Å²) in [6.07, 6.45) is 3.67. The zero-order valence-electron chi connectivity index (χ0n) is 8.40. The lowest BCUT2D eigenvalue weighted by molar-refractivity contribution is -0.143. The first-order valence-corrected chi connectivity index (χ1v) is 4.88. The molecule has 1 aromatic rings. The van der Waals surface area contributed by atoms with Gasteiger partial charge >= 0.3 is 5.97 Å². The molecular formula is C11H15NO2. The minimum atomic E-state index is -0.141. The maximum Gasteiger partial charge on any atom is 0.306 e. The molecule has 0 saturated heterocycles. The molecule has 0 unspecified atom stereocenters. The second kappa shape index (κ2) is 6.13. The molecule has 0 aliphatic rings. The summed E-state index contributed by atoms with van der Waals surface area (Å²) in [5, 5.41) is 0. The maximum absolute atomic E-state index is 11.1. The molecule has 14 heavy (non-hydrogen) atoms. The van der Waals surface area contributed by atoms with Gasteiger partial charge < -0.3 is 4.74 Å². The Kier molecular flexibility index (Phi) is 4.69. The van der Waals surface area contributed by atoms with Crippen LogP contribution in [0.3, 0.4) is 0 Å². The Bertz CT molecular complexity index is 272. The van der Waals surface area contributed by atoms with Gasteiger partial charge in [0.1, 0.15) is 0 Å². The summed E-state index contributed by atoms with van der Waals surface area (Å²) < 4.78 is 4.95. The third-order valence-corrected chi connectivity index (χ3v) is 1.78. The van der Waals surface area contributed by atoms with E-state index in [1.807, 2.05) is 25.1 Å². The molecule has 0 aliphatic heterocycles. The smallest absolute Gasteiger partial charge is 0.306 e. The first-order valence-electron chi connectivity index (χ1n) is 4.88. The van der Waals surface area contributed by atoms with Crippen molar-refractivity contribution in [1.82, 2.24) is 4.98 Å². The number of carbonyl (C=O) groups is 1. The highest BCUT2D eigenvalue weighted by Crippen LogP contribution is 1.99. The van der Waals surface area contributed by atoms with Crippen LogP contribution in [0, 0.1) is 0 Å². The van der Waals surface area contributed by atoms with Crippen LogP contribution >= 0.6 is 0 Å². The van der Waals surface area contributed by atoms with E-state index in [0.717, 1.165) is 12.1 Å². The van der Waals surface area contributed by atoms with Gasteiger partial charge in [-0.25, -0.2) is 0 Å². The van der Waals surface area contributed by atoms with Gasteiger partial charge in [-0.15, -0.1) is 0 Å². The van der Waals surface area contributed by atoms with E-state index in [9.17, 15) is 4.79 Å². The van der Waals surface area contributed by atoms with Crippen molar-refractivity contribution in [2.24, 2.45) is 0 Å². The molecule has 0 radical (unpaired) electrons. The fraction of sp³-hybridized carbons (Fsp3) is 0.455. The standard InChI is InChI=1S/C11H15NO2/c1-2-9-14-11(13)7-6-10-5-3-4-8-12-10/h3-5,8H,2,6-7,9H2,1H3. The van der Waals surface area contributed by atoms with Crippen molar-refractivity contribution in [3.05, 3.63) is 30.1 Å². The zero-order chi connectivity index (χ0) is 10.2. The zero-order valence-corrected chi connectivity index (χ0v) is 8.40. The summed E-state index contributed by atoms with van der Waals surface area (Å²) in [7, 11) is 0. The van der Waals surface area contributed by atoms with Crippen LogP contribution in [0.5, 0.6) is 0 Å². The van der Waals surface area contributed by atoms with Gasteiger partial charge in [-0.1, -0.05) is 13.0 Å². The molecule has 0 atom stereocenters. The monoisotopic (exact) mass is 193 g/mol. The summed E-state index contributed by atoms with van der Waals surface area (Å²) in [5.41, 5.74) is 0.931. The molecule has 1 heterocycles. The average molecular weight is 193 g/mol. The first-order chi connectivity index (χ1) is 6.83. The molecule has 0 aliphatic carbocycles. The molecule has 0 spiro atoms. The van der Waals surface area contributed by atoms with Gasteiger partial charge in [0.25, 0.3) is 0 Å². The molecule has 0 saturated carbocycles. The van der Waals surface area contributed by atoms with Gasteiger partial charge in [-0.2, -0.15) is 0 Å². The van der Waals surface area contributed by atoms with Crippen LogP contribution in [0.25, 0.3) is 0 Å². The predicted octanol–water partition coefficient (Wildman–Crippen LogP) is 1.97. The summed E-state index contributed by atoms with van der Waals surface area (Å²) >= 11 is 0. The molecule has 0 aromatic carbocycles. The number of nitrogens with zero attached hydrogens (tertiary/aromatic N) is 1. The van der Waals surface area contributed by atoms with Crippen LogP contribution in [-0.2, 0) is 16.0 Å². The fourth-order valence-corrected chi connectivity index (χ4v) is 1.06. The molecule has 1 aromatic heterocycles. The summed E-state index contributed by atoms with van der Waals surface area (Å²) in [4.78, 5) is 15.2. The Labute approximate surface area is 84.1 Å². The predicted molar refractivity (Wildman–Crippen MR) is 53.8 cm³/mol. The number of hydrogen-bond acceptors (Lipinski definition) is 3. The maximum atomic E-state index is 11.1. The van der Waals surface area contributed by atoms with Crippen molar-refractivity contribution in [2.45, 2.75) is 26.2 Å². The van der Waals surface area contributed by atoms with Gasteiger partial charge in [-0.05, 0) is 18.6 Å². The second-order valence-electron chi connectivity index (χ2n) is 3.04. The highest BCUT2D eigenvalue weighted by atomic mass is 16.5. The first kappa shape index (κ1) is 10.7. The lowest BCUT2D eigenvalue weighted by Crippen LogP contribution is -2.06. The van der Waals surface area contributed by atoms with Crippen LogP contribution in [0.1, 0.15) is 25.5 Å². The second-order valence-corrected chi connectivity index (χ2v) is 3.04. The van der Waals surface area contributed by atoms with Crippen molar-refractivity contribution < 1.29 is 9.53 Å². The quantitative estimate of drug-likeness (QED) is 0.671. The molecule has 0 amide bonds. The largest absolute Gasteiger partial charge is 0.466 e. The van der Waals surface area contributed by atoms with Crippen LogP contribution in [0.15, 0.2) is 24.4 Å². The molecular weight excluding hydrogens is 178 g/mol. The van der Waals surface area contributed by atoms with Gasteiger partial charge in [0.15, 0.2) is 0 Å². The Hall–Kier alpha value is -1.38.